The van der Waals surface area contributed by atoms with E-state index in [1.807, 2.05) is 13.8 Å². The number of aliphatic hydroxyl groups is 10. The highest BCUT2D eigenvalue weighted by molar-refractivity contribution is 7.47. The van der Waals surface area contributed by atoms with Gasteiger partial charge in [0.15, 0.2) is 18.9 Å². The van der Waals surface area contributed by atoms with Gasteiger partial charge in [-0.3, -0.25) is 46.9 Å². The van der Waals surface area contributed by atoms with Crippen LogP contribution in [0.15, 0.2) is 0 Å². The second kappa shape index (κ2) is 53.3. The third kappa shape index (κ3) is 38.2. The molecule has 8 unspecified atom stereocenters. The molecule has 0 bridgehead atoms. The van der Waals surface area contributed by atoms with Crippen molar-refractivity contribution in [2.45, 2.75) is 230 Å². The zero-order chi connectivity index (χ0) is 77.9. The largest absolute Gasteiger partial charge is 0.472 e. The molecule has 614 valence electrons. The van der Waals surface area contributed by atoms with E-state index in [9.17, 15) is 98.7 Å². The Kier molecular flexibility index (Phi) is 48.5. The first-order valence-corrected chi connectivity index (χ1v) is 39.8. The Morgan fingerprint density at radius 3 is 0.924 bits per heavy atom. The van der Waals surface area contributed by atoms with Crippen molar-refractivity contribution in [2.75, 3.05) is 138 Å². The number of phosphoric ester groups is 2. The van der Waals surface area contributed by atoms with Crippen LogP contribution >= 0.6 is 15.6 Å². The fourth-order valence-electron chi connectivity index (χ4n) is 11.4. The van der Waals surface area contributed by atoms with Crippen molar-refractivity contribution in [3.8, 4) is 0 Å². The molecule has 0 spiro atoms. The fraction of sp³-hybridized carbons (Fsp3) is 0.909. The number of carbonyl (C=O) groups is 6. The maximum atomic E-state index is 13.7. The number of hydrogen-bond donors (Lipinski definition) is 15. The summed E-state index contributed by atoms with van der Waals surface area (Å²) in [5, 5.41) is 107. The van der Waals surface area contributed by atoms with Crippen LogP contribution in [0.25, 0.3) is 0 Å². The zero-order valence-electron chi connectivity index (χ0n) is 61.7. The molecule has 17 atom stereocenters. The van der Waals surface area contributed by atoms with E-state index in [1.165, 1.54) is 14.7 Å². The van der Waals surface area contributed by atoms with Crippen molar-refractivity contribution in [3.63, 3.8) is 0 Å². The van der Waals surface area contributed by atoms with E-state index >= 15 is 0 Å². The minimum absolute atomic E-state index is 0.0595. The van der Waals surface area contributed by atoms with Gasteiger partial charge in [-0.25, -0.2) is 9.13 Å². The average Bonchev–Trinajstić information content (AvgIpc) is 0.830. The van der Waals surface area contributed by atoms with Crippen LogP contribution in [-0.2, 0) is 89.2 Å². The van der Waals surface area contributed by atoms with Gasteiger partial charge in [-0.1, -0.05) is 40.0 Å². The highest BCUT2D eigenvalue weighted by atomic mass is 31.2. The normalized spacial score (nSPS) is 26.0. The number of aliphatic hydroxyl groups excluding tert-OH is 10. The lowest BCUT2D eigenvalue weighted by atomic mass is 9.92. The molecule has 0 radical (unpaired) electrons. The molecule has 0 aliphatic carbocycles. The summed E-state index contributed by atoms with van der Waals surface area (Å²) >= 11 is 0. The summed E-state index contributed by atoms with van der Waals surface area (Å²) in [6.45, 7) is 5.16. The summed E-state index contributed by atoms with van der Waals surface area (Å²) in [5.41, 5.74) is 0. The van der Waals surface area contributed by atoms with Crippen LogP contribution < -0.4 is 16.0 Å². The second-order valence-corrected chi connectivity index (χ2v) is 29.6. The molecule has 3 aliphatic heterocycles. The first-order chi connectivity index (χ1) is 50.0. The standard InChI is InChI=1S/C66H124N6O31P2/c1-45(2)93-37-28-71(56(81)22-10-7-13-25-68-53(78)19-16-35-95-65-47(4)59(84)62(87)50(43-75)102-65)30-39-98-105(91,92)100-41-32-72(57(82)23-11-8-14-26-69-54(79)20-17-36-96-66-48(5)60(85)63(88)51(44-76)103-66)31-40-99-104(89,90)97-38-29-70(27-33-73)55(80)21-9-6-12-24-67-52(77)18-15-34-94-64-46(3)58(83)61(86)49(42-74)101-64/h45-51,58-66,73-76,83-88H,6-44H2,1-5H3,(H,67,77)(H,68,78)(H,69,79)(H,89,90)(H,91,92)/t46?,47?,48?,49?,50?,51?,58-,59-,60-,61+,62+,63+,64-,65-,66-/m1/s1. The first-order valence-electron chi connectivity index (χ1n) is 36.8. The third-order valence-electron chi connectivity index (χ3n) is 17.9. The summed E-state index contributed by atoms with van der Waals surface area (Å²) in [7, 11) is -9.65. The van der Waals surface area contributed by atoms with Crippen molar-refractivity contribution in [1.29, 1.82) is 0 Å². The lowest BCUT2D eigenvalue weighted by Gasteiger charge is -2.40. The van der Waals surface area contributed by atoms with E-state index in [-0.39, 0.29) is 146 Å². The maximum Gasteiger partial charge on any atom is 0.472 e. The van der Waals surface area contributed by atoms with Gasteiger partial charge >= 0.3 is 15.6 Å². The summed E-state index contributed by atoms with van der Waals surface area (Å²) in [6.07, 6.45) is -7.08. The van der Waals surface area contributed by atoms with Crippen molar-refractivity contribution < 1.29 is 150 Å². The molecule has 3 fully saturated rings. The van der Waals surface area contributed by atoms with E-state index in [4.69, 9.17) is 51.3 Å². The van der Waals surface area contributed by atoms with Gasteiger partial charge in [0.25, 0.3) is 0 Å². The number of amides is 6. The van der Waals surface area contributed by atoms with E-state index < -0.39 is 166 Å². The molecule has 6 amide bonds. The van der Waals surface area contributed by atoms with Gasteiger partial charge in [-0.15, -0.1) is 0 Å². The molecule has 0 aromatic rings. The van der Waals surface area contributed by atoms with Gasteiger partial charge in [0.1, 0.15) is 36.6 Å². The molecule has 39 heteroatoms. The third-order valence-corrected chi connectivity index (χ3v) is 20.0. The van der Waals surface area contributed by atoms with Gasteiger partial charge < -0.3 is 125 Å². The predicted molar refractivity (Wildman–Crippen MR) is 372 cm³/mol. The summed E-state index contributed by atoms with van der Waals surface area (Å²) < 4.78 is 86.4. The van der Waals surface area contributed by atoms with Crippen LogP contribution in [0.5, 0.6) is 0 Å². The minimum atomic E-state index is -4.83. The van der Waals surface area contributed by atoms with Crippen molar-refractivity contribution in [2.24, 2.45) is 17.8 Å². The van der Waals surface area contributed by atoms with Crippen molar-refractivity contribution in [3.05, 3.63) is 0 Å². The van der Waals surface area contributed by atoms with Crippen LogP contribution in [0.4, 0.5) is 0 Å². The highest BCUT2D eigenvalue weighted by Crippen LogP contribution is 2.44. The van der Waals surface area contributed by atoms with Crippen LogP contribution in [-0.4, -0.2) is 329 Å². The SMILES string of the molecule is CC(C)OCCN(CCOP(=O)(O)OCCN(CCOP(=O)(O)OCCN(CCO)C(=O)CCCCCNC(=O)CCCO[C@@H]1OC(CO)[C@H](O)[C@H](O)C1C)C(=O)CCCCCNC(=O)CCCO[C@@H]1OC(CO)[C@H](O)[C@H](O)C1C)C(=O)CCCCCNC(=O)CCCO[C@@H]1OC(CO)[C@H](O)[C@H](O)C1C. The number of hydrogen-bond acceptors (Lipinski definition) is 29. The molecule has 3 saturated heterocycles. The smallest absolute Gasteiger partial charge is 0.395 e. The van der Waals surface area contributed by atoms with E-state index in [2.05, 4.69) is 16.0 Å². The Balaban J connectivity index is 1.46. The number of carbonyl (C=O) groups excluding carboxylic acids is 6. The highest BCUT2D eigenvalue weighted by Gasteiger charge is 2.45. The molecular formula is C66H124N6O31P2. The topological polar surface area (TPSA) is 527 Å². The molecule has 0 aromatic carbocycles. The summed E-state index contributed by atoms with van der Waals surface area (Å²) in [5.74, 6) is -3.56. The lowest BCUT2D eigenvalue weighted by molar-refractivity contribution is -0.282. The zero-order valence-corrected chi connectivity index (χ0v) is 63.5. The molecule has 3 heterocycles. The molecule has 3 rings (SSSR count). The molecule has 15 N–H and O–H groups in total. The molecule has 105 heavy (non-hydrogen) atoms. The van der Waals surface area contributed by atoms with Crippen LogP contribution in [0, 0.1) is 17.8 Å². The first kappa shape index (κ1) is 95.6. The number of unbranched alkanes of at least 4 members (excludes halogenated alkanes) is 6. The van der Waals surface area contributed by atoms with Gasteiger partial charge in [0.05, 0.1) is 104 Å². The number of ether oxygens (including phenoxy) is 7. The molecule has 3 aliphatic rings. The summed E-state index contributed by atoms with van der Waals surface area (Å²) in [6, 6.07) is 0. The fourth-order valence-corrected chi connectivity index (χ4v) is 12.8. The van der Waals surface area contributed by atoms with Gasteiger partial charge in [0, 0.05) is 115 Å². The lowest BCUT2D eigenvalue weighted by Crippen LogP contribution is -2.55. The van der Waals surface area contributed by atoms with Crippen molar-refractivity contribution >= 4 is 51.1 Å². The average molecular weight is 1560 g/mol. The minimum Gasteiger partial charge on any atom is -0.395 e. The summed E-state index contributed by atoms with van der Waals surface area (Å²) in [4.78, 5) is 103. The number of nitrogens with zero attached hydrogens (tertiary/aromatic N) is 3. The number of phosphoric acid groups is 2. The quantitative estimate of drug-likeness (QED) is 0.0251. The number of nitrogens with one attached hydrogen (secondary N) is 3. The molecule has 0 saturated carbocycles. The Hall–Kier alpha value is -3.64. The van der Waals surface area contributed by atoms with Crippen LogP contribution in [0.2, 0.25) is 0 Å². The Morgan fingerprint density at radius 2 is 0.657 bits per heavy atom. The maximum absolute atomic E-state index is 13.7. The van der Waals surface area contributed by atoms with Gasteiger partial charge in [-0.05, 0) is 71.6 Å². The number of rotatable bonds is 58. The molecular weight excluding hydrogens is 1430 g/mol. The molecule has 37 nitrogen and oxygen atoms in total. The van der Waals surface area contributed by atoms with E-state index in [0.29, 0.717) is 90.1 Å². The Labute approximate surface area is 615 Å². The van der Waals surface area contributed by atoms with Gasteiger partial charge in [0.2, 0.25) is 35.4 Å². The van der Waals surface area contributed by atoms with Crippen LogP contribution in [0.1, 0.15) is 150 Å². The van der Waals surface area contributed by atoms with Crippen LogP contribution in [0.3, 0.4) is 0 Å². The second-order valence-electron chi connectivity index (χ2n) is 26.7. The van der Waals surface area contributed by atoms with E-state index in [1.54, 1.807) is 20.8 Å². The Morgan fingerprint density at radius 1 is 0.381 bits per heavy atom. The van der Waals surface area contributed by atoms with E-state index in [0.717, 1.165) is 0 Å². The molecule has 0 aromatic heterocycles. The van der Waals surface area contributed by atoms with Gasteiger partial charge in [-0.2, -0.15) is 0 Å². The Bertz CT molecular complexity index is 2540. The predicted octanol–water partition coefficient (Wildman–Crippen LogP) is -1.20. The van der Waals surface area contributed by atoms with Crippen molar-refractivity contribution in [1.82, 2.24) is 30.7 Å². The monoisotopic (exact) mass is 1560 g/mol.